The summed E-state index contributed by atoms with van der Waals surface area (Å²) in [5, 5.41) is 5.55. The predicted molar refractivity (Wildman–Crippen MR) is 89.8 cm³/mol. The van der Waals surface area contributed by atoms with Gasteiger partial charge in [0.2, 0.25) is 5.91 Å². The van der Waals surface area contributed by atoms with Gasteiger partial charge in [0.05, 0.1) is 5.69 Å². The van der Waals surface area contributed by atoms with E-state index >= 15 is 0 Å². The fraction of sp³-hybridized carbons (Fsp3) is 0.438. The van der Waals surface area contributed by atoms with Gasteiger partial charge in [-0.1, -0.05) is 12.8 Å². The smallest absolute Gasteiger partial charge is 0.244 e. The summed E-state index contributed by atoms with van der Waals surface area (Å²) in [6.07, 6.45) is 8.17. The van der Waals surface area contributed by atoms with Gasteiger partial charge in [-0.05, 0) is 25.0 Å². The molecule has 1 saturated heterocycles. The van der Waals surface area contributed by atoms with Crippen LogP contribution in [0.25, 0.3) is 11.3 Å². The molecule has 3 atom stereocenters. The molecule has 0 spiro atoms. The first-order valence-corrected chi connectivity index (χ1v) is 8.87. The summed E-state index contributed by atoms with van der Waals surface area (Å²) < 4.78 is 0. The Labute approximate surface area is 138 Å². The van der Waals surface area contributed by atoms with Crippen molar-refractivity contribution in [3.63, 3.8) is 0 Å². The molecule has 3 heterocycles. The molecule has 3 unspecified atom stereocenters. The number of carbonyl (C=O) groups is 1. The third kappa shape index (κ3) is 2.99. The van der Waals surface area contributed by atoms with Crippen molar-refractivity contribution in [1.82, 2.24) is 20.8 Å². The number of pyridine rings is 1. The molecule has 2 aromatic heterocycles. The molecule has 7 heteroatoms. The summed E-state index contributed by atoms with van der Waals surface area (Å²) in [5.41, 5.74) is 8.30. The van der Waals surface area contributed by atoms with E-state index in [1.54, 1.807) is 12.4 Å². The minimum Gasteiger partial charge on any atom is -0.301 e. The first-order valence-electron chi connectivity index (χ1n) is 7.99. The summed E-state index contributed by atoms with van der Waals surface area (Å²) in [6, 6.07) is 4.07. The Bertz CT molecular complexity index is 689. The van der Waals surface area contributed by atoms with E-state index in [1.807, 2.05) is 17.5 Å². The summed E-state index contributed by atoms with van der Waals surface area (Å²) in [4.78, 5) is 21.1. The van der Waals surface area contributed by atoms with Gasteiger partial charge >= 0.3 is 0 Å². The fourth-order valence-electron chi connectivity index (χ4n) is 3.47. The van der Waals surface area contributed by atoms with Crippen molar-refractivity contribution in [3.05, 3.63) is 29.9 Å². The normalized spacial score (nSPS) is 26.7. The topological polar surface area (TPSA) is 78.9 Å². The van der Waals surface area contributed by atoms with Gasteiger partial charge in [-0.2, -0.15) is 0 Å². The fourth-order valence-corrected chi connectivity index (χ4v) is 4.19. The van der Waals surface area contributed by atoms with Crippen molar-refractivity contribution in [1.29, 1.82) is 0 Å². The third-order valence-corrected chi connectivity index (χ3v) is 5.42. The zero-order valence-electron chi connectivity index (χ0n) is 12.7. The molecular formula is C16H19N5OS. The molecule has 1 aliphatic heterocycles. The molecule has 1 aliphatic carbocycles. The molecule has 0 aromatic carbocycles. The van der Waals surface area contributed by atoms with E-state index in [4.69, 9.17) is 0 Å². The Balaban J connectivity index is 1.44. The van der Waals surface area contributed by atoms with Crippen LogP contribution in [-0.4, -0.2) is 28.0 Å². The maximum Gasteiger partial charge on any atom is 0.244 e. The number of aromatic nitrogens is 2. The number of hydrazine groups is 1. The van der Waals surface area contributed by atoms with Gasteiger partial charge in [0.25, 0.3) is 0 Å². The minimum absolute atomic E-state index is 0.00234. The maximum absolute atomic E-state index is 12.6. The Kier molecular flexibility index (Phi) is 4.07. The Morgan fingerprint density at radius 3 is 2.91 bits per heavy atom. The number of nitrogens with zero attached hydrogens (tertiary/aromatic N) is 2. The number of nitrogens with one attached hydrogen (secondary N) is 3. The molecule has 4 rings (SSSR count). The van der Waals surface area contributed by atoms with Crippen LogP contribution in [0.3, 0.4) is 0 Å². The van der Waals surface area contributed by atoms with E-state index in [0.29, 0.717) is 17.1 Å². The highest BCUT2D eigenvalue weighted by atomic mass is 32.1. The van der Waals surface area contributed by atoms with Crippen molar-refractivity contribution >= 4 is 22.4 Å². The van der Waals surface area contributed by atoms with E-state index in [0.717, 1.165) is 24.1 Å². The van der Waals surface area contributed by atoms with E-state index in [2.05, 4.69) is 26.1 Å². The summed E-state index contributed by atoms with van der Waals surface area (Å²) >= 11 is 1.45. The number of fused-ring (bicyclic) bond motifs is 1. The minimum atomic E-state index is -0.173. The van der Waals surface area contributed by atoms with Gasteiger partial charge in [0.15, 0.2) is 5.13 Å². The summed E-state index contributed by atoms with van der Waals surface area (Å²) in [6.45, 7) is 0. The molecule has 2 fully saturated rings. The van der Waals surface area contributed by atoms with Crippen molar-refractivity contribution < 1.29 is 4.79 Å². The van der Waals surface area contributed by atoms with Crippen LogP contribution in [0, 0.1) is 5.92 Å². The second-order valence-electron chi connectivity index (χ2n) is 6.08. The largest absolute Gasteiger partial charge is 0.301 e. The zero-order chi connectivity index (χ0) is 15.6. The molecule has 0 bridgehead atoms. The van der Waals surface area contributed by atoms with Gasteiger partial charge in [-0.25, -0.2) is 10.4 Å². The SMILES string of the molecule is O=C(Nc1nc(-c2ccncc2)cs1)C1NNC2CCCCC21. The van der Waals surface area contributed by atoms with Crippen molar-refractivity contribution in [2.75, 3.05) is 5.32 Å². The molecule has 23 heavy (non-hydrogen) atoms. The standard InChI is InChI=1S/C16H19N5OS/c22-15(14-11-3-1-2-4-12(11)20-21-14)19-16-18-13(9-23-16)10-5-7-17-8-6-10/h5-9,11-12,14,20-21H,1-4H2,(H,18,19,22). The quantitative estimate of drug-likeness (QED) is 0.804. The molecule has 120 valence electrons. The number of hydrogen-bond acceptors (Lipinski definition) is 6. The van der Waals surface area contributed by atoms with Crippen LogP contribution in [0.5, 0.6) is 0 Å². The number of rotatable bonds is 3. The van der Waals surface area contributed by atoms with Crippen LogP contribution in [0.4, 0.5) is 5.13 Å². The number of amides is 1. The zero-order valence-corrected chi connectivity index (χ0v) is 13.5. The maximum atomic E-state index is 12.6. The van der Waals surface area contributed by atoms with Crippen LogP contribution in [0.15, 0.2) is 29.9 Å². The highest BCUT2D eigenvalue weighted by Crippen LogP contribution is 2.31. The molecule has 2 aromatic rings. The highest BCUT2D eigenvalue weighted by molar-refractivity contribution is 7.14. The second-order valence-corrected chi connectivity index (χ2v) is 6.94. The Morgan fingerprint density at radius 2 is 2.04 bits per heavy atom. The molecular weight excluding hydrogens is 310 g/mol. The first-order chi connectivity index (χ1) is 11.3. The average Bonchev–Trinajstić information content (AvgIpc) is 3.22. The van der Waals surface area contributed by atoms with Gasteiger partial charge in [-0.3, -0.25) is 15.2 Å². The lowest BCUT2D eigenvalue weighted by molar-refractivity contribution is -0.118. The van der Waals surface area contributed by atoms with Crippen LogP contribution < -0.4 is 16.2 Å². The Hall–Kier alpha value is -1.83. The number of hydrogen-bond donors (Lipinski definition) is 3. The molecule has 1 amide bonds. The highest BCUT2D eigenvalue weighted by Gasteiger charge is 2.41. The van der Waals surface area contributed by atoms with Gasteiger partial charge < -0.3 is 5.32 Å². The van der Waals surface area contributed by atoms with Crippen molar-refractivity contribution in [2.45, 2.75) is 37.8 Å². The molecule has 0 radical (unpaired) electrons. The molecule has 6 nitrogen and oxygen atoms in total. The lowest BCUT2D eigenvalue weighted by atomic mass is 9.81. The lowest BCUT2D eigenvalue weighted by Crippen LogP contribution is -2.42. The first kappa shape index (κ1) is 14.7. The van der Waals surface area contributed by atoms with Crippen molar-refractivity contribution in [3.8, 4) is 11.3 Å². The third-order valence-electron chi connectivity index (χ3n) is 4.66. The molecule has 2 aliphatic rings. The van der Waals surface area contributed by atoms with E-state index < -0.39 is 0 Å². The Morgan fingerprint density at radius 1 is 1.22 bits per heavy atom. The lowest BCUT2D eigenvalue weighted by Gasteiger charge is -2.26. The van der Waals surface area contributed by atoms with Gasteiger partial charge in [-0.15, -0.1) is 11.3 Å². The number of carbonyl (C=O) groups excluding carboxylic acids is 1. The number of thiazole rings is 1. The van der Waals surface area contributed by atoms with Crippen LogP contribution >= 0.6 is 11.3 Å². The predicted octanol–water partition coefficient (Wildman–Crippen LogP) is 2.18. The van der Waals surface area contributed by atoms with Crippen LogP contribution in [0.1, 0.15) is 25.7 Å². The average molecular weight is 329 g/mol. The van der Waals surface area contributed by atoms with Crippen LogP contribution in [-0.2, 0) is 4.79 Å². The number of anilines is 1. The second kappa shape index (κ2) is 6.35. The van der Waals surface area contributed by atoms with E-state index in [-0.39, 0.29) is 11.9 Å². The van der Waals surface area contributed by atoms with Gasteiger partial charge in [0.1, 0.15) is 6.04 Å². The van der Waals surface area contributed by atoms with Crippen molar-refractivity contribution in [2.24, 2.45) is 5.92 Å². The molecule has 3 N–H and O–H groups in total. The summed E-state index contributed by atoms with van der Waals surface area (Å²) in [5.74, 6) is 0.380. The van der Waals surface area contributed by atoms with Crippen LogP contribution in [0.2, 0.25) is 0 Å². The monoisotopic (exact) mass is 329 g/mol. The molecule has 1 saturated carbocycles. The van der Waals surface area contributed by atoms with Gasteiger partial charge in [0, 0.05) is 35.3 Å². The van der Waals surface area contributed by atoms with E-state index in [1.165, 1.54) is 24.2 Å². The van der Waals surface area contributed by atoms with E-state index in [9.17, 15) is 4.79 Å². The summed E-state index contributed by atoms with van der Waals surface area (Å²) in [7, 11) is 0.